The van der Waals surface area contributed by atoms with Crippen molar-refractivity contribution in [3.8, 4) is 0 Å². The van der Waals surface area contributed by atoms with Gasteiger partial charge in [0, 0.05) is 30.8 Å². The maximum absolute atomic E-state index is 11.5. The fraction of sp³-hybridized carbons (Fsp3) is 0.867. The van der Waals surface area contributed by atoms with Crippen LogP contribution >= 0.6 is 11.8 Å². The molecule has 1 aliphatic rings. The molecule has 1 amide bonds. The van der Waals surface area contributed by atoms with Gasteiger partial charge in [-0.25, -0.2) is 0 Å². The molecule has 122 valence electrons. The minimum atomic E-state index is 0.0831. The highest BCUT2D eigenvalue weighted by molar-refractivity contribution is 7.99. The minimum Gasteiger partial charge on any atom is -0.357 e. The molecule has 1 rings (SSSR count). The number of guanidine groups is 1. The predicted octanol–water partition coefficient (Wildman–Crippen LogP) is 1.74. The Morgan fingerprint density at radius 3 is 2.71 bits per heavy atom. The van der Waals surface area contributed by atoms with Gasteiger partial charge >= 0.3 is 0 Å². The van der Waals surface area contributed by atoms with Crippen molar-refractivity contribution in [3.05, 3.63) is 0 Å². The average Bonchev–Trinajstić information content (AvgIpc) is 2.93. The van der Waals surface area contributed by atoms with Crippen LogP contribution in [0.1, 0.15) is 46.0 Å². The van der Waals surface area contributed by atoms with Crippen molar-refractivity contribution in [1.29, 1.82) is 0 Å². The molecule has 21 heavy (non-hydrogen) atoms. The number of rotatable bonds is 8. The van der Waals surface area contributed by atoms with Crippen LogP contribution in [-0.2, 0) is 4.79 Å². The van der Waals surface area contributed by atoms with E-state index >= 15 is 0 Å². The van der Waals surface area contributed by atoms with E-state index < -0.39 is 0 Å². The molecule has 1 aliphatic carbocycles. The van der Waals surface area contributed by atoms with Crippen LogP contribution in [0.3, 0.4) is 0 Å². The molecule has 2 atom stereocenters. The molecular weight excluding hydrogens is 284 g/mol. The number of hydrogen-bond acceptors (Lipinski definition) is 3. The van der Waals surface area contributed by atoms with Crippen LogP contribution in [0.4, 0.5) is 0 Å². The highest BCUT2D eigenvalue weighted by Crippen LogP contribution is 2.27. The van der Waals surface area contributed by atoms with Crippen LogP contribution < -0.4 is 16.0 Å². The second-order valence-corrected chi connectivity index (χ2v) is 6.51. The molecule has 0 spiro atoms. The number of thioether (sulfide) groups is 1. The van der Waals surface area contributed by atoms with E-state index in [9.17, 15) is 4.79 Å². The molecule has 3 N–H and O–H groups in total. The molecular formula is C15H30N4OS. The van der Waals surface area contributed by atoms with Gasteiger partial charge in [-0.2, -0.15) is 11.8 Å². The van der Waals surface area contributed by atoms with Crippen molar-refractivity contribution < 1.29 is 4.79 Å². The Kier molecular flexibility index (Phi) is 9.30. The molecule has 1 fully saturated rings. The summed E-state index contributed by atoms with van der Waals surface area (Å²) in [5, 5.41) is 10.4. The maximum Gasteiger partial charge on any atom is 0.221 e. The predicted molar refractivity (Wildman–Crippen MR) is 92.0 cm³/mol. The van der Waals surface area contributed by atoms with Gasteiger partial charge in [0.05, 0.1) is 6.54 Å². The zero-order chi connectivity index (χ0) is 15.5. The number of amides is 1. The second kappa shape index (κ2) is 10.8. The summed E-state index contributed by atoms with van der Waals surface area (Å²) in [5.41, 5.74) is 0. The van der Waals surface area contributed by atoms with E-state index in [1.54, 1.807) is 0 Å². The second-order valence-electron chi connectivity index (χ2n) is 5.37. The lowest BCUT2D eigenvalue weighted by Crippen LogP contribution is -2.42. The first-order chi connectivity index (χ1) is 10.2. The van der Waals surface area contributed by atoms with Gasteiger partial charge in [0.2, 0.25) is 5.91 Å². The highest BCUT2D eigenvalue weighted by atomic mass is 32.2. The number of hydrogen-bond donors (Lipinski definition) is 3. The summed E-state index contributed by atoms with van der Waals surface area (Å²) >= 11 is 1.95. The first-order valence-electron chi connectivity index (χ1n) is 8.03. The molecule has 6 heteroatoms. The Morgan fingerprint density at radius 1 is 1.29 bits per heavy atom. The fourth-order valence-corrected chi connectivity index (χ4v) is 3.22. The lowest BCUT2D eigenvalue weighted by Gasteiger charge is -2.17. The Hall–Kier alpha value is -0.910. The third-order valence-electron chi connectivity index (χ3n) is 3.58. The van der Waals surface area contributed by atoms with Crippen LogP contribution in [0.2, 0.25) is 0 Å². The minimum absolute atomic E-state index is 0.0831. The largest absolute Gasteiger partial charge is 0.357 e. The SMILES string of the molecule is CCCNC(=O)CCN=C(NCC)NC1CCC(SC)C1. The van der Waals surface area contributed by atoms with E-state index in [1.165, 1.54) is 19.3 Å². The molecule has 0 heterocycles. The number of aliphatic imine (C=N–C) groups is 1. The van der Waals surface area contributed by atoms with Crippen molar-refractivity contribution in [3.63, 3.8) is 0 Å². The van der Waals surface area contributed by atoms with Crippen molar-refractivity contribution in [2.45, 2.75) is 57.2 Å². The van der Waals surface area contributed by atoms with Gasteiger partial charge in [-0.15, -0.1) is 0 Å². The molecule has 0 radical (unpaired) electrons. The van der Waals surface area contributed by atoms with E-state index in [0.717, 1.165) is 30.7 Å². The third-order valence-corrected chi connectivity index (χ3v) is 4.68. The van der Waals surface area contributed by atoms with Crippen LogP contribution in [0.25, 0.3) is 0 Å². The maximum atomic E-state index is 11.5. The summed E-state index contributed by atoms with van der Waals surface area (Å²) in [6.45, 7) is 6.23. The third kappa shape index (κ3) is 7.60. The van der Waals surface area contributed by atoms with E-state index in [4.69, 9.17) is 0 Å². The Labute approximate surface area is 133 Å². The van der Waals surface area contributed by atoms with Crippen molar-refractivity contribution in [1.82, 2.24) is 16.0 Å². The van der Waals surface area contributed by atoms with E-state index in [2.05, 4.69) is 41.0 Å². The Bertz CT molecular complexity index is 336. The molecule has 2 unspecified atom stereocenters. The van der Waals surface area contributed by atoms with Crippen LogP contribution in [0, 0.1) is 0 Å². The summed E-state index contributed by atoms with van der Waals surface area (Å²) in [4.78, 5) is 16.0. The molecule has 0 aromatic heterocycles. The molecule has 0 aliphatic heterocycles. The van der Waals surface area contributed by atoms with Crippen LogP contribution in [0.5, 0.6) is 0 Å². The fourth-order valence-electron chi connectivity index (χ4n) is 2.42. The van der Waals surface area contributed by atoms with Gasteiger partial charge in [-0.05, 0) is 38.9 Å². The van der Waals surface area contributed by atoms with E-state index in [0.29, 0.717) is 19.0 Å². The molecule has 0 aromatic rings. The molecule has 5 nitrogen and oxygen atoms in total. The van der Waals surface area contributed by atoms with Crippen molar-refractivity contribution in [2.75, 3.05) is 25.9 Å². The zero-order valence-electron chi connectivity index (χ0n) is 13.6. The normalized spacial score (nSPS) is 22.1. The van der Waals surface area contributed by atoms with Crippen molar-refractivity contribution in [2.24, 2.45) is 4.99 Å². The Morgan fingerprint density at radius 2 is 2.10 bits per heavy atom. The van der Waals surface area contributed by atoms with Crippen LogP contribution in [0.15, 0.2) is 4.99 Å². The zero-order valence-corrected chi connectivity index (χ0v) is 14.4. The lowest BCUT2D eigenvalue weighted by atomic mass is 10.2. The summed E-state index contributed by atoms with van der Waals surface area (Å²) < 4.78 is 0. The van der Waals surface area contributed by atoms with Gasteiger partial charge in [-0.3, -0.25) is 9.79 Å². The summed E-state index contributed by atoms with van der Waals surface area (Å²) in [7, 11) is 0. The number of carbonyl (C=O) groups is 1. The topological polar surface area (TPSA) is 65.5 Å². The smallest absolute Gasteiger partial charge is 0.221 e. The number of carbonyl (C=O) groups excluding carboxylic acids is 1. The average molecular weight is 314 g/mol. The van der Waals surface area contributed by atoms with E-state index in [1.807, 2.05) is 11.8 Å². The summed E-state index contributed by atoms with van der Waals surface area (Å²) in [6, 6.07) is 0.508. The van der Waals surface area contributed by atoms with Gasteiger partial charge in [0.15, 0.2) is 5.96 Å². The summed E-state index contributed by atoms with van der Waals surface area (Å²) in [6.07, 6.45) is 7.28. The molecule has 1 saturated carbocycles. The first-order valence-corrected chi connectivity index (χ1v) is 9.32. The molecule has 0 saturated heterocycles. The first kappa shape index (κ1) is 18.1. The summed E-state index contributed by atoms with van der Waals surface area (Å²) in [5.74, 6) is 0.923. The monoisotopic (exact) mass is 314 g/mol. The number of nitrogens with one attached hydrogen (secondary N) is 3. The Balaban J connectivity index is 2.34. The van der Waals surface area contributed by atoms with Gasteiger partial charge < -0.3 is 16.0 Å². The number of nitrogens with zero attached hydrogens (tertiary/aromatic N) is 1. The van der Waals surface area contributed by atoms with E-state index in [-0.39, 0.29) is 5.91 Å². The molecule has 0 bridgehead atoms. The lowest BCUT2D eigenvalue weighted by molar-refractivity contribution is -0.120. The van der Waals surface area contributed by atoms with Gasteiger partial charge in [0.25, 0.3) is 0 Å². The van der Waals surface area contributed by atoms with Gasteiger partial charge in [-0.1, -0.05) is 6.92 Å². The molecule has 0 aromatic carbocycles. The van der Waals surface area contributed by atoms with Gasteiger partial charge in [0.1, 0.15) is 0 Å². The van der Waals surface area contributed by atoms with Crippen molar-refractivity contribution >= 4 is 23.6 Å². The quantitative estimate of drug-likeness (QED) is 0.472. The standard InChI is InChI=1S/C15H30N4OS/c1-4-9-17-14(20)8-10-18-15(16-5-2)19-12-6-7-13(11-12)21-3/h12-13H,4-11H2,1-3H3,(H,17,20)(H2,16,18,19). The highest BCUT2D eigenvalue weighted by Gasteiger charge is 2.24. The van der Waals surface area contributed by atoms with Crippen LogP contribution in [-0.4, -0.2) is 49.0 Å².